The molecule has 14 heavy (non-hydrogen) atoms. The zero-order chi connectivity index (χ0) is 9.97. The van der Waals surface area contributed by atoms with E-state index in [0.29, 0.717) is 12.0 Å². The van der Waals surface area contributed by atoms with E-state index >= 15 is 0 Å². The summed E-state index contributed by atoms with van der Waals surface area (Å²) in [6.45, 7) is 3.06. The third-order valence-corrected chi connectivity index (χ3v) is 3.92. The predicted octanol–water partition coefficient (Wildman–Crippen LogP) is 1.93. The molecule has 0 aromatic carbocycles. The molecule has 2 heteroatoms. The molecule has 82 valence electrons. The standard InChI is InChI=1S/C12H23NO/c1-9(10-6-7-10)13-8-12(14)11-4-2-3-5-11/h9-14H,2-8H2,1H3. The van der Waals surface area contributed by atoms with Gasteiger partial charge in [-0.1, -0.05) is 12.8 Å². The van der Waals surface area contributed by atoms with Gasteiger partial charge in [-0.15, -0.1) is 0 Å². The summed E-state index contributed by atoms with van der Waals surface area (Å²) in [7, 11) is 0. The number of aliphatic hydroxyl groups is 1. The molecule has 0 aromatic heterocycles. The smallest absolute Gasteiger partial charge is 0.0692 e. The summed E-state index contributed by atoms with van der Waals surface area (Å²) in [5.41, 5.74) is 0. The van der Waals surface area contributed by atoms with Crippen molar-refractivity contribution < 1.29 is 5.11 Å². The quantitative estimate of drug-likeness (QED) is 0.706. The fraction of sp³-hybridized carbons (Fsp3) is 1.00. The van der Waals surface area contributed by atoms with E-state index in [1.807, 2.05) is 0 Å². The molecule has 0 aliphatic heterocycles. The molecular weight excluding hydrogens is 174 g/mol. The highest BCUT2D eigenvalue weighted by molar-refractivity contribution is 4.85. The molecule has 2 atom stereocenters. The zero-order valence-corrected chi connectivity index (χ0v) is 9.21. The van der Waals surface area contributed by atoms with Crippen LogP contribution in [0.5, 0.6) is 0 Å². The van der Waals surface area contributed by atoms with Crippen molar-refractivity contribution in [3.8, 4) is 0 Å². The van der Waals surface area contributed by atoms with E-state index in [-0.39, 0.29) is 6.10 Å². The maximum atomic E-state index is 9.94. The average molecular weight is 197 g/mol. The van der Waals surface area contributed by atoms with Gasteiger partial charge < -0.3 is 10.4 Å². The lowest BCUT2D eigenvalue weighted by Crippen LogP contribution is -2.37. The third-order valence-electron chi connectivity index (χ3n) is 3.92. The SMILES string of the molecule is CC(NCC(O)C1CCCC1)C1CC1. The molecule has 2 nitrogen and oxygen atoms in total. The van der Waals surface area contributed by atoms with Crippen molar-refractivity contribution in [1.29, 1.82) is 0 Å². The molecule has 2 fully saturated rings. The first kappa shape index (κ1) is 10.4. The second-order valence-electron chi connectivity index (χ2n) is 5.15. The Morgan fingerprint density at radius 2 is 1.79 bits per heavy atom. The largest absolute Gasteiger partial charge is 0.392 e. The van der Waals surface area contributed by atoms with Gasteiger partial charge in [0, 0.05) is 12.6 Å². The van der Waals surface area contributed by atoms with Crippen LogP contribution in [0.2, 0.25) is 0 Å². The van der Waals surface area contributed by atoms with Crippen LogP contribution in [0.1, 0.15) is 45.4 Å². The van der Waals surface area contributed by atoms with Gasteiger partial charge in [-0.2, -0.15) is 0 Å². The average Bonchev–Trinajstić information content (AvgIpc) is 2.90. The van der Waals surface area contributed by atoms with E-state index in [2.05, 4.69) is 12.2 Å². The van der Waals surface area contributed by atoms with Crippen LogP contribution in [0, 0.1) is 11.8 Å². The highest BCUT2D eigenvalue weighted by Crippen LogP contribution is 2.32. The highest BCUT2D eigenvalue weighted by Gasteiger charge is 2.29. The summed E-state index contributed by atoms with van der Waals surface area (Å²) in [5.74, 6) is 1.47. The summed E-state index contributed by atoms with van der Waals surface area (Å²) in [6.07, 6.45) is 7.78. The van der Waals surface area contributed by atoms with Gasteiger partial charge >= 0.3 is 0 Å². The van der Waals surface area contributed by atoms with Crippen molar-refractivity contribution in [2.24, 2.45) is 11.8 Å². The predicted molar refractivity (Wildman–Crippen MR) is 58.2 cm³/mol. The van der Waals surface area contributed by atoms with Crippen LogP contribution in [0.3, 0.4) is 0 Å². The van der Waals surface area contributed by atoms with Gasteiger partial charge in [-0.25, -0.2) is 0 Å². The Morgan fingerprint density at radius 3 is 2.36 bits per heavy atom. The van der Waals surface area contributed by atoms with Crippen LogP contribution in [0.25, 0.3) is 0 Å². The van der Waals surface area contributed by atoms with Crippen LogP contribution >= 0.6 is 0 Å². The second kappa shape index (κ2) is 4.63. The van der Waals surface area contributed by atoms with Crippen molar-refractivity contribution in [2.75, 3.05) is 6.54 Å². The van der Waals surface area contributed by atoms with Gasteiger partial charge in [0.05, 0.1) is 6.10 Å². The van der Waals surface area contributed by atoms with Crippen LogP contribution < -0.4 is 5.32 Å². The van der Waals surface area contributed by atoms with Crippen LogP contribution in [-0.2, 0) is 0 Å². The molecule has 0 radical (unpaired) electrons. The Kier molecular flexibility index (Phi) is 3.45. The lowest BCUT2D eigenvalue weighted by Gasteiger charge is -2.21. The molecule has 0 heterocycles. The van der Waals surface area contributed by atoms with Gasteiger partial charge in [0.2, 0.25) is 0 Å². The van der Waals surface area contributed by atoms with Gasteiger partial charge in [0.25, 0.3) is 0 Å². The first-order valence-corrected chi connectivity index (χ1v) is 6.19. The minimum Gasteiger partial charge on any atom is -0.392 e. The van der Waals surface area contributed by atoms with E-state index in [1.165, 1.54) is 38.5 Å². The molecule has 0 amide bonds. The first-order valence-electron chi connectivity index (χ1n) is 6.19. The topological polar surface area (TPSA) is 32.3 Å². The number of rotatable bonds is 5. The van der Waals surface area contributed by atoms with E-state index in [1.54, 1.807) is 0 Å². The molecule has 0 aromatic rings. The van der Waals surface area contributed by atoms with E-state index in [9.17, 15) is 5.11 Å². The number of hydrogen-bond donors (Lipinski definition) is 2. The number of aliphatic hydroxyl groups excluding tert-OH is 1. The Labute approximate surface area is 87.1 Å². The van der Waals surface area contributed by atoms with Crippen LogP contribution in [-0.4, -0.2) is 23.8 Å². The minimum absolute atomic E-state index is 0.0984. The molecule has 2 N–H and O–H groups in total. The van der Waals surface area contributed by atoms with E-state index in [4.69, 9.17) is 0 Å². The summed E-state index contributed by atoms with van der Waals surface area (Å²) < 4.78 is 0. The van der Waals surface area contributed by atoms with Crippen molar-refractivity contribution in [2.45, 2.75) is 57.6 Å². The lowest BCUT2D eigenvalue weighted by atomic mass is 10.0. The minimum atomic E-state index is -0.0984. The molecule has 2 rings (SSSR count). The molecule has 0 bridgehead atoms. The van der Waals surface area contributed by atoms with Crippen molar-refractivity contribution in [1.82, 2.24) is 5.32 Å². The van der Waals surface area contributed by atoms with Crippen LogP contribution in [0.4, 0.5) is 0 Å². The molecule has 2 aliphatic carbocycles. The summed E-state index contributed by atoms with van der Waals surface area (Å²) >= 11 is 0. The zero-order valence-electron chi connectivity index (χ0n) is 9.21. The summed E-state index contributed by atoms with van der Waals surface area (Å²) in [6, 6.07) is 0.617. The Morgan fingerprint density at radius 1 is 1.14 bits per heavy atom. The fourth-order valence-corrected chi connectivity index (χ4v) is 2.58. The maximum absolute atomic E-state index is 9.94. The molecule has 2 aliphatic rings. The van der Waals surface area contributed by atoms with E-state index < -0.39 is 0 Å². The Balaban J connectivity index is 1.63. The van der Waals surface area contributed by atoms with Crippen molar-refractivity contribution >= 4 is 0 Å². The molecule has 0 saturated heterocycles. The van der Waals surface area contributed by atoms with Gasteiger partial charge in [-0.3, -0.25) is 0 Å². The number of hydrogen-bond acceptors (Lipinski definition) is 2. The van der Waals surface area contributed by atoms with Gasteiger partial charge in [0.1, 0.15) is 0 Å². The van der Waals surface area contributed by atoms with Gasteiger partial charge in [-0.05, 0) is 44.4 Å². The van der Waals surface area contributed by atoms with Gasteiger partial charge in [0.15, 0.2) is 0 Å². The molecule has 2 unspecified atom stereocenters. The lowest BCUT2D eigenvalue weighted by molar-refractivity contribution is 0.106. The fourth-order valence-electron chi connectivity index (χ4n) is 2.58. The summed E-state index contributed by atoms with van der Waals surface area (Å²) in [4.78, 5) is 0. The van der Waals surface area contributed by atoms with Crippen LogP contribution in [0.15, 0.2) is 0 Å². The normalized spacial score (nSPS) is 27.9. The monoisotopic (exact) mass is 197 g/mol. The Bertz CT molecular complexity index is 173. The van der Waals surface area contributed by atoms with E-state index in [0.717, 1.165) is 12.5 Å². The van der Waals surface area contributed by atoms with Crippen molar-refractivity contribution in [3.63, 3.8) is 0 Å². The summed E-state index contributed by atoms with van der Waals surface area (Å²) in [5, 5.41) is 13.4. The molecular formula is C12H23NO. The first-order chi connectivity index (χ1) is 6.77. The third kappa shape index (κ3) is 2.71. The number of nitrogens with one attached hydrogen (secondary N) is 1. The highest BCUT2D eigenvalue weighted by atomic mass is 16.3. The second-order valence-corrected chi connectivity index (χ2v) is 5.15. The van der Waals surface area contributed by atoms with Crippen molar-refractivity contribution in [3.05, 3.63) is 0 Å². The Hall–Kier alpha value is -0.0800. The molecule has 0 spiro atoms. The maximum Gasteiger partial charge on any atom is 0.0692 e. The molecule has 2 saturated carbocycles.